The van der Waals surface area contributed by atoms with Crippen LogP contribution in [0.1, 0.15) is 5.37 Å². The summed E-state index contributed by atoms with van der Waals surface area (Å²) in [6.45, 7) is 1.56. The highest BCUT2D eigenvalue weighted by molar-refractivity contribution is 7.99. The molecule has 1 fully saturated rings. The van der Waals surface area contributed by atoms with Crippen molar-refractivity contribution in [3.63, 3.8) is 0 Å². The Morgan fingerprint density at radius 3 is 3.33 bits per heavy atom. The third-order valence-electron chi connectivity index (χ3n) is 2.35. The van der Waals surface area contributed by atoms with Crippen LogP contribution in [0.3, 0.4) is 0 Å². The Hall–Kier alpha value is -1.14. The van der Waals surface area contributed by atoms with Crippen molar-refractivity contribution in [1.29, 1.82) is 0 Å². The summed E-state index contributed by atoms with van der Waals surface area (Å²) < 4.78 is 7.50. The zero-order chi connectivity index (χ0) is 10.1. The minimum absolute atomic E-state index is 0.290. The van der Waals surface area contributed by atoms with E-state index in [1.54, 1.807) is 12.5 Å². The molecule has 0 aromatic carbocycles. The second kappa shape index (κ2) is 3.79. The highest BCUT2D eigenvalue weighted by atomic mass is 32.2. The van der Waals surface area contributed by atoms with Gasteiger partial charge in [-0.1, -0.05) is 0 Å². The Balaban J connectivity index is 2.02. The molecule has 6 heteroatoms. The molecule has 2 aromatic heterocycles. The fraction of sp³-hybridized carbons (Fsp3) is 0.444. The first kappa shape index (κ1) is 9.11. The molecule has 1 aliphatic rings. The maximum Gasteiger partial charge on any atom is 0.164 e. The van der Waals surface area contributed by atoms with Gasteiger partial charge in [0.2, 0.25) is 0 Å². The van der Waals surface area contributed by atoms with E-state index < -0.39 is 0 Å². The molecule has 1 saturated heterocycles. The Labute approximate surface area is 90.9 Å². The molecule has 0 saturated carbocycles. The minimum Gasteiger partial charge on any atom is -0.378 e. The van der Waals surface area contributed by atoms with Gasteiger partial charge in [-0.3, -0.25) is 0 Å². The second-order valence-corrected chi connectivity index (χ2v) is 4.57. The molecule has 1 unspecified atom stereocenters. The van der Waals surface area contributed by atoms with Crippen molar-refractivity contribution in [2.24, 2.45) is 0 Å². The van der Waals surface area contributed by atoms with Gasteiger partial charge in [-0.2, -0.15) is 0 Å². The minimum atomic E-state index is 0.290. The number of hydrogen-bond donors (Lipinski definition) is 0. The average Bonchev–Trinajstić information content (AvgIpc) is 2.74. The molecule has 78 valence electrons. The molecule has 0 bridgehead atoms. The highest BCUT2D eigenvalue weighted by Crippen LogP contribution is 2.28. The maximum absolute atomic E-state index is 5.44. The lowest BCUT2D eigenvalue weighted by Crippen LogP contribution is -2.19. The largest absolute Gasteiger partial charge is 0.378 e. The molecule has 0 aliphatic carbocycles. The molecular formula is C9H10N4OS. The predicted molar refractivity (Wildman–Crippen MR) is 57.6 cm³/mol. The van der Waals surface area contributed by atoms with Gasteiger partial charge in [-0.05, 0) is 0 Å². The molecule has 3 rings (SSSR count). The third kappa shape index (κ3) is 1.59. The molecule has 0 spiro atoms. The Morgan fingerprint density at radius 1 is 1.47 bits per heavy atom. The number of fused-ring (bicyclic) bond motifs is 1. The monoisotopic (exact) mass is 222 g/mol. The number of rotatable bonds is 1. The van der Waals surface area contributed by atoms with Gasteiger partial charge in [0, 0.05) is 5.75 Å². The molecule has 2 aromatic rings. The van der Waals surface area contributed by atoms with E-state index >= 15 is 0 Å². The van der Waals surface area contributed by atoms with Crippen LogP contribution < -0.4 is 0 Å². The number of aromatic nitrogens is 4. The molecular weight excluding hydrogens is 212 g/mol. The first-order valence-corrected chi connectivity index (χ1v) is 5.82. The molecule has 0 N–H and O–H groups in total. The molecule has 1 aliphatic heterocycles. The van der Waals surface area contributed by atoms with E-state index in [0.29, 0.717) is 5.37 Å². The molecule has 0 amide bonds. The first-order valence-electron chi connectivity index (χ1n) is 4.77. The van der Waals surface area contributed by atoms with E-state index in [9.17, 15) is 0 Å². The third-order valence-corrected chi connectivity index (χ3v) is 3.50. The highest BCUT2D eigenvalue weighted by Gasteiger charge is 2.18. The van der Waals surface area contributed by atoms with Gasteiger partial charge < -0.3 is 9.30 Å². The summed E-state index contributed by atoms with van der Waals surface area (Å²) in [5.41, 5.74) is 1.72. The second-order valence-electron chi connectivity index (χ2n) is 3.28. The zero-order valence-electron chi connectivity index (χ0n) is 8.04. The van der Waals surface area contributed by atoms with Crippen LogP contribution in [0.25, 0.3) is 11.2 Å². The summed E-state index contributed by atoms with van der Waals surface area (Å²) in [5.74, 6) is 1.02. The number of nitrogens with zero attached hydrogens (tertiary/aromatic N) is 4. The van der Waals surface area contributed by atoms with E-state index in [1.165, 1.54) is 0 Å². The Kier molecular flexibility index (Phi) is 2.30. The maximum atomic E-state index is 5.44. The Bertz CT molecular complexity index is 466. The quantitative estimate of drug-likeness (QED) is 0.723. The van der Waals surface area contributed by atoms with Gasteiger partial charge in [0.15, 0.2) is 5.65 Å². The number of hydrogen-bond acceptors (Lipinski definition) is 5. The predicted octanol–water partition coefficient (Wildman–Crippen LogP) is 1.09. The van der Waals surface area contributed by atoms with Crippen molar-refractivity contribution in [3.05, 3.63) is 18.9 Å². The van der Waals surface area contributed by atoms with Crippen molar-refractivity contribution in [3.8, 4) is 0 Å². The van der Waals surface area contributed by atoms with Gasteiger partial charge in [-0.25, -0.2) is 15.0 Å². The average molecular weight is 222 g/mol. The lowest BCUT2D eigenvalue weighted by atomic mass is 10.5. The normalized spacial score (nSPS) is 22.0. The van der Waals surface area contributed by atoms with E-state index in [2.05, 4.69) is 19.5 Å². The number of imidazole rings is 1. The van der Waals surface area contributed by atoms with Crippen molar-refractivity contribution in [2.75, 3.05) is 19.0 Å². The van der Waals surface area contributed by atoms with Crippen molar-refractivity contribution >= 4 is 22.9 Å². The van der Waals surface area contributed by atoms with Crippen LogP contribution >= 0.6 is 11.8 Å². The summed E-state index contributed by atoms with van der Waals surface area (Å²) in [7, 11) is 0. The van der Waals surface area contributed by atoms with Crippen LogP contribution in [-0.2, 0) is 4.74 Å². The first-order chi connectivity index (χ1) is 7.45. The van der Waals surface area contributed by atoms with Crippen LogP contribution in [0.5, 0.6) is 0 Å². The lowest BCUT2D eigenvalue weighted by molar-refractivity contribution is 0.131. The summed E-state index contributed by atoms with van der Waals surface area (Å²) in [6, 6.07) is 0. The van der Waals surface area contributed by atoms with Crippen LogP contribution in [-0.4, -0.2) is 38.5 Å². The van der Waals surface area contributed by atoms with E-state index in [1.807, 2.05) is 18.1 Å². The zero-order valence-corrected chi connectivity index (χ0v) is 8.85. The molecule has 1 atom stereocenters. The van der Waals surface area contributed by atoms with Gasteiger partial charge in [0.05, 0.1) is 25.7 Å². The van der Waals surface area contributed by atoms with Gasteiger partial charge >= 0.3 is 0 Å². The van der Waals surface area contributed by atoms with E-state index in [0.717, 1.165) is 30.1 Å². The van der Waals surface area contributed by atoms with Gasteiger partial charge in [-0.15, -0.1) is 11.8 Å². The summed E-state index contributed by atoms with van der Waals surface area (Å²) in [5, 5.41) is 0.290. The van der Waals surface area contributed by atoms with E-state index in [-0.39, 0.29) is 0 Å². The van der Waals surface area contributed by atoms with Crippen LogP contribution in [0, 0.1) is 0 Å². The van der Waals surface area contributed by atoms with Crippen LogP contribution in [0.15, 0.2) is 18.9 Å². The van der Waals surface area contributed by atoms with Gasteiger partial charge in [0.25, 0.3) is 0 Å². The summed E-state index contributed by atoms with van der Waals surface area (Å²) >= 11 is 1.87. The smallest absolute Gasteiger partial charge is 0.164 e. The van der Waals surface area contributed by atoms with Gasteiger partial charge in [0.1, 0.15) is 17.2 Å². The fourth-order valence-corrected chi connectivity index (χ4v) is 2.63. The number of ether oxygens (including phenoxy) is 1. The molecule has 3 heterocycles. The van der Waals surface area contributed by atoms with Crippen LogP contribution in [0.2, 0.25) is 0 Å². The molecule has 5 nitrogen and oxygen atoms in total. The van der Waals surface area contributed by atoms with E-state index in [4.69, 9.17) is 4.74 Å². The topological polar surface area (TPSA) is 52.8 Å². The molecule has 0 radical (unpaired) electrons. The standard InChI is InChI=1S/C9H10N4OS/c1-2-15-8(4-14-1)13-6-12-7-3-10-5-11-9(7)13/h3,5-6,8H,1-2,4H2. The fourth-order valence-electron chi connectivity index (χ4n) is 1.63. The Morgan fingerprint density at radius 2 is 2.47 bits per heavy atom. The number of thioether (sulfide) groups is 1. The van der Waals surface area contributed by atoms with Crippen molar-refractivity contribution in [2.45, 2.75) is 5.37 Å². The van der Waals surface area contributed by atoms with Crippen LogP contribution in [0.4, 0.5) is 0 Å². The summed E-state index contributed by atoms with van der Waals surface area (Å²) in [6.07, 6.45) is 5.09. The summed E-state index contributed by atoms with van der Waals surface area (Å²) in [4.78, 5) is 12.4. The van der Waals surface area contributed by atoms with Crippen molar-refractivity contribution in [1.82, 2.24) is 19.5 Å². The van der Waals surface area contributed by atoms with Crippen molar-refractivity contribution < 1.29 is 4.74 Å². The lowest BCUT2D eigenvalue weighted by Gasteiger charge is -2.22. The SMILES string of the molecule is c1ncc2ncn(C3COCCS3)c2n1. The molecule has 15 heavy (non-hydrogen) atoms.